The van der Waals surface area contributed by atoms with E-state index in [1.54, 1.807) is 13.2 Å². The number of piperidine rings is 1. The number of carbonyl (C=O) groups is 4. The van der Waals surface area contributed by atoms with Gasteiger partial charge in [-0.1, -0.05) is 50.3 Å². The molecule has 1 aromatic heterocycles. The van der Waals surface area contributed by atoms with Crippen molar-refractivity contribution in [2.45, 2.75) is 88.9 Å². The lowest BCUT2D eigenvalue weighted by molar-refractivity contribution is -0.147. The van der Waals surface area contributed by atoms with Crippen LogP contribution in [0.1, 0.15) is 65.2 Å². The first kappa shape index (κ1) is 39.4. The number of carbonyl (C=O) groups excluding carboxylic acids is 4. The molecule has 298 valence electrons. The Morgan fingerprint density at radius 3 is 2.45 bits per heavy atom. The van der Waals surface area contributed by atoms with E-state index in [0.717, 1.165) is 29.1 Å². The highest BCUT2D eigenvalue weighted by Gasteiger charge is 2.63. The van der Waals surface area contributed by atoms with Crippen molar-refractivity contribution in [3.05, 3.63) is 67.3 Å². The highest BCUT2D eigenvalue weighted by atomic mass is 32.2. The number of benzene rings is 2. The summed E-state index contributed by atoms with van der Waals surface area (Å²) in [5.74, 6) is -1.99. The van der Waals surface area contributed by atoms with E-state index in [-0.39, 0.29) is 43.5 Å². The molecule has 6 atom stereocenters. The lowest BCUT2D eigenvalue weighted by atomic mass is 9.89. The van der Waals surface area contributed by atoms with Crippen LogP contribution in [0.15, 0.2) is 67.3 Å². The second kappa shape index (κ2) is 16.3. The number of nitrogens with one attached hydrogen (secondary N) is 1. The zero-order chi connectivity index (χ0) is 39.7. The van der Waals surface area contributed by atoms with Crippen LogP contribution in [-0.2, 0) is 30.4 Å². The molecule has 7 rings (SSSR count). The van der Waals surface area contributed by atoms with Gasteiger partial charge in [-0.05, 0) is 56.6 Å². The molecular formula is C42H50N5O8S-. The Bertz CT molecular complexity index is 2020. The number of hydrogen-bond acceptors (Lipinski definition) is 9. The molecule has 2 aliphatic carbocycles. The van der Waals surface area contributed by atoms with Gasteiger partial charge < -0.3 is 29.1 Å². The fraction of sp³-hybridized carbons (Fsp3) is 0.500. The van der Waals surface area contributed by atoms with Gasteiger partial charge >= 0.3 is 0 Å². The van der Waals surface area contributed by atoms with Gasteiger partial charge in [0, 0.05) is 66.9 Å². The molecule has 4 fully saturated rings. The van der Waals surface area contributed by atoms with Crippen molar-refractivity contribution < 1.29 is 37.4 Å². The van der Waals surface area contributed by atoms with E-state index in [0.29, 0.717) is 54.0 Å². The number of fused-ring (bicyclic) bond motifs is 1. The summed E-state index contributed by atoms with van der Waals surface area (Å²) >= 11 is -2.82. The first-order valence-electron chi connectivity index (χ1n) is 19.6. The maximum atomic E-state index is 14.7. The predicted molar refractivity (Wildman–Crippen MR) is 210 cm³/mol. The van der Waals surface area contributed by atoms with Crippen LogP contribution < -0.4 is 14.8 Å². The summed E-state index contributed by atoms with van der Waals surface area (Å²) in [6.45, 7) is 8.99. The third-order valence-corrected chi connectivity index (χ3v) is 12.5. The quantitative estimate of drug-likeness (QED) is 0.179. The second-order valence-electron chi connectivity index (χ2n) is 15.8. The van der Waals surface area contributed by atoms with Crippen molar-refractivity contribution in [3.8, 4) is 22.8 Å². The van der Waals surface area contributed by atoms with Gasteiger partial charge in [-0.25, -0.2) is 4.98 Å². The van der Waals surface area contributed by atoms with Gasteiger partial charge in [0.25, 0.3) is 5.91 Å². The molecule has 1 N–H and O–H groups in total. The first-order chi connectivity index (χ1) is 26.9. The number of rotatable bonds is 14. The maximum Gasteiger partial charge on any atom is 0.260 e. The highest BCUT2D eigenvalue weighted by molar-refractivity contribution is 7.77. The van der Waals surface area contributed by atoms with Crippen molar-refractivity contribution in [2.75, 3.05) is 26.7 Å². The first-order valence-corrected chi connectivity index (χ1v) is 20.6. The third-order valence-electron chi connectivity index (χ3n) is 11.7. The Kier molecular flexibility index (Phi) is 11.5. The largest absolute Gasteiger partial charge is 0.755 e. The fourth-order valence-electron chi connectivity index (χ4n) is 8.17. The Labute approximate surface area is 330 Å². The predicted octanol–water partition coefficient (Wildman–Crippen LogP) is 4.78. The van der Waals surface area contributed by atoms with Crippen LogP contribution in [0.5, 0.6) is 11.5 Å². The van der Waals surface area contributed by atoms with Crippen LogP contribution in [-0.4, -0.2) is 102 Å². The molecule has 0 spiro atoms. The number of methoxy groups -OCH3 is 1. The molecule has 0 radical (unpaired) electrons. The van der Waals surface area contributed by atoms with Crippen molar-refractivity contribution in [1.82, 2.24) is 24.4 Å². The lowest BCUT2D eigenvalue weighted by Gasteiger charge is -2.33. The molecule has 3 aromatic rings. The van der Waals surface area contributed by atoms with Gasteiger partial charge in [-0.15, -0.1) is 6.58 Å². The highest BCUT2D eigenvalue weighted by Crippen LogP contribution is 2.48. The molecule has 2 aliphatic heterocycles. The molecule has 56 heavy (non-hydrogen) atoms. The molecule has 3 heterocycles. The Hall–Kier alpha value is -4.82. The van der Waals surface area contributed by atoms with Crippen LogP contribution in [0, 0.1) is 17.8 Å². The summed E-state index contributed by atoms with van der Waals surface area (Å²) in [7, 11) is 1.58. The average Bonchev–Trinajstić information content (AvgIpc) is 4.13. The van der Waals surface area contributed by atoms with Crippen LogP contribution in [0.3, 0.4) is 0 Å². The van der Waals surface area contributed by atoms with Crippen molar-refractivity contribution >= 4 is 45.8 Å². The lowest BCUT2D eigenvalue weighted by Crippen LogP contribution is -2.57. The minimum absolute atomic E-state index is 0.0107. The minimum atomic E-state index is -2.82. The standard InChI is InChI=1S/C42H51N5O8S/c1-5-28-24-42(28,41(51)47(56(52)53)29-14-15-29)44-39(49)36-21-31(25-46(36)40(50)33(26(2)3)22-38(48)45-18-10-7-11-19-45)55-37-23-34(27-12-8-6-9-13-27)43-35-20-30(54-4)16-17-32(35)37/h5-6,8-9,12-13,16-17,20,23,26,28-29,31,33,36H,1,7,10-11,14-15,18-19,21-22,24-25H2,2-4H3,(H,44,49)(H,52,53)/p-1/t28-,31+,33-,36-,42+/m0/s1. The van der Waals surface area contributed by atoms with Gasteiger partial charge in [0.05, 0.1) is 36.1 Å². The molecular weight excluding hydrogens is 735 g/mol. The van der Waals surface area contributed by atoms with Crippen molar-refractivity contribution in [3.63, 3.8) is 0 Å². The second-order valence-corrected chi connectivity index (χ2v) is 16.6. The van der Waals surface area contributed by atoms with Crippen LogP contribution in [0.25, 0.3) is 22.2 Å². The SMILES string of the molecule is C=C[C@H]1C[C@]1(NC(=O)[C@@H]1C[C@@H](Oc2cc(-c3ccccc3)nc3cc(OC)ccc23)CN1C(=O)[C@@H](CC(=O)N1CCCCC1)C(C)C)C(=O)N(C1CC1)S(=O)[O-]. The number of nitrogens with zero attached hydrogens (tertiary/aromatic N) is 4. The fourth-order valence-corrected chi connectivity index (χ4v) is 8.93. The number of hydrogen-bond donors (Lipinski definition) is 1. The van der Waals surface area contributed by atoms with Gasteiger partial charge in [-0.3, -0.25) is 27.7 Å². The normalized spacial score (nSPS) is 24.3. The van der Waals surface area contributed by atoms with E-state index in [1.165, 1.54) is 4.90 Å². The van der Waals surface area contributed by atoms with Gasteiger partial charge in [-0.2, -0.15) is 0 Å². The van der Waals surface area contributed by atoms with Crippen LogP contribution in [0.2, 0.25) is 0 Å². The number of likely N-dealkylation sites (tertiary alicyclic amines) is 2. The van der Waals surface area contributed by atoms with Crippen LogP contribution >= 0.6 is 0 Å². The molecule has 14 heteroatoms. The molecule has 4 aliphatic rings. The zero-order valence-electron chi connectivity index (χ0n) is 32.2. The molecule has 1 unspecified atom stereocenters. The van der Waals surface area contributed by atoms with E-state index in [9.17, 15) is 27.9 Å². The number of pyridine rings is 1. The Morgan fingerprint density at radius 2 is 1.82 bits per heavy atom. The van der Waals surface area contributed by atoms with E-state index in [4.69, 9.17) is 14.5 Å². The number of aromatic nitrogens is 1. The van der Waals surface area contributed by atoms with Gasteiger partial charge in [0.2, 0.25) is 17.7 Å². The summed E-state index contributed by atoms with van der Waals surface area (Å²) in [6.07, 6.45) is 5.21. The average molecular weight is 785 g/mol. The van der Waals surface area contributed by atoms with Gasteiger partial charge in [0.1, 0.15) is 29.2 Å². The Balaban J connectivity index is 1.21. The third kappa shape index (κ3) is 8.04. The smallest absolute Gasteiger partial charge is 0.260 e. The maximum absolute atomic E-state index is 14.7. The van der Waals surface area contributed by atoms with E-state index >= 15 is 0 Å². The molecule has 13 nitrogen and oxygen atoms in total. The zero-order valence-corrected chi connectivity index (χ0v) is 33.0. The summed E-state index contributed by atoms with van der Waals surface area (Å²) in [5, 5.41) is 3.62. The van der Waals surface area contributed by atoms with Crippen LogP contribution in [0.4, 0.5) is 0 Å². The van der Waals surface area contributed by atoms with Crippen molar-refractivity contribution in [1.29, 1.82) is 0 Å². The monoisotopic (exact) mass is 784 g/mol. The van der Waals surface area contributed by atoms with Gasteiger partial charge in [0.15, 0.2) is 0 Å². The summed E-state index contributed by atoms with van der Waals surface area (Å²) in [6, 6.07) is 15.5. The topological polar surface area (TPSA) is 162 Å². The number of amides is 4. The van der Waals surface area contributed by atoms with E-state index in [1.807, 2.05) is 73.3 Å². The Morgan fingerprint density at radius 1 is 1.09 bits per heavy atom. The minimum Gasteiger partial charge on any atom is -0.755 e. The molecule has 2 saturated heterocycles. The molecule has 0 bridgehead atoms. The summed E-state index contributed by atoms with van der Waals surface area (Å²) < 4.78 is 37.5. The summed E-state index contributed by atoms with van der Waals surface area (Å²) in [4.78, 5) is 64.8. The van der Waals surface area contributed by atoms with Crippen molar-refractivity contribution in [2.24, 2.45) is 17.8 Å². The molecule has 2 aromatic carbocycles. The molecule has 2 saturated carbocycles. The number of ether oxygens (including phenoxy) is 2. The van der Waals surface area contributed by atoms with E-state index < -0.39 is 58.6 Å². The molecule has 4 amide bonds. The summed E-state index contributed by atoms with van der Waals surface area (Å²) in [5.41, 5.74) is 0.675. The van der Waals surface area contributed by atoms with E-state index in [2.05, 4.69) is 11.9 Å².